The summed E-state index contributed by atoms with van der Waals surface area (Å²) in [5.41, 5.74) is 2.84. The molecular formula is C11H13NO2. The number of nitrogens with zero attached hydrogens (tertiary/aromatic N) is 1. The van der Waals surface area contributed by atoms with Gasteiger partial charge in [0.25, 0.3) is 0 Å². The van der Waals surface area contributed by atoms with Gasteiger partial charge < -0.3 is 4.74 Å². The van der Waals surface area contributed by atoms with E-state index >= 15 is 0 Å². The normalized spacial score (nSPS) is 9.64. The Bertz CT molecular complexity index is 360. The van der Waals surface area contributed by atoms with Gasteiger partial charge in [-0.25, -0.2) is 4.79 Å². The maximum atomic E-state index is 11.4. The number of esters is 1. The van der Waals surface area contributed by atoms with Gasteiger partial charge in [0.2, 0.25) is 0 Å². The second-order valence-electron chi connectivity index (χ2n) is 3.02. The molecule has 0 aliphatic rings. The third-order valence-corrected chi connectivity index (χ3v) is 2.02. The molecule has 1 aromatic rings. The average Bonchev–Trinajstić information content (AvgIpc) is 2.16. The predicted octanol–water partition coefficient (Wildman–Crippen LogP) is 2.13. The molecule has 0 saturated carbocycles. The van der Waals surface area contributed by atoms with Crippen LogP contribution in [0.3, 0.4) is 0 Å². The number of rotatable bonds is 2. The standard InChI is InChI=1S/C11H13NO2/c1-5-9-6-7(2)10(8(3)12-9)11(13)14-4/h5-6H,1H2,2-4H3. The minimum absolute atomic E-state index is 0.344. The third-order valence-electron chi connectivity index (χ3n) is 2.02. The summed E-state index contributed by atoms with van der Waals surface area (Å²) in [6.07, 6.45) is 1.65. The molecular weight excluding hydrogens is 178 g/mol. The molecule has 1 aromatic heterocycles. The van der Waals surface area contributed by atoms with Gasteiger partial charge in [-0.05, 0) is 31.6 Å². The first kappa shape index (κ1) is 10.4. The number of carbonyl (C=O) groups excluding carboxylic acids is 1. The number of aryl methyl sites for hydroxylation is 2. The molecule has 3 nitrogen and oxygen atoms in total. The summed E-state index contributed by atoms with van der Waals surface area (Å²) in [7, 11) is 1.36. The van der Waals surface area contributed by atoms with Crippen LogP contribution in [0.5, 0.6) is 0 Å². The molecule has 0 aromatic carbocycles. The minimum Gasteiger partial charge on any atom is -0.465 e. The number of pyridine rings is 1. The van der Waals surface area contributed by atoms with Crippen molar-refractivity contribution < 1.29 is 9.53 Å². The van der Waals surface area contributed by atoms with Crippen LogP contribution in [0.1, 0.15) is 27.3 Å². The summed E-state index contributed by atoms with van der Waals surface area (Å²) in [6.45, 7) is 7.27. The summed E-state index contributed by atoms with van der Waals surface area (Å²) < 4.78 is 4.67. The monoisotopic (exact) mass is 191 g/mol. The molecule has 3 heteroatoms. The Hall–Kier alpha value is -1.64. The average molecular weight is 191 g/mol. The van der Waals surface area contributed by atoms with Crippen molar-refractivity contribution in [3.8, 4) is 0 Å². The third kappa shape index (κ3) is 1.82. The van der Waals surface area contributed by atoms with Gasteiger partial charge in [0, 0.05) is 0 Å². The smallest absolute Gasteiger partial charge is 0.339 e. The highest BCUT2D eigenvalue weighted by Crippen LogP contribution is 2.14. The topological polar surface area (TPSA) is 39.2 Å². The molecule has 0 aliphatic heterocycles. The van der Waals surface area contributed by atoms with E-state index in [4.69, 9.17) is 0 Å². The number of hydrogen-bond donors (Lipinski definition) is 0. The van der Waals surface area contributed by atoms with Crippen LogP contribution < -0.4 is 0 Å². The van der Waals surface area contributed by atoms with E-state index in [-0.39, 0.29) is 5.97 Å². The summed E-state index contributed by atoms with van der Waals surface area (Å²) in [5, 5.41) is 0. The van der Waals surface area contributed by atoms with Gasteiger partial charge in [-0.1, -0.05) is 6.58 Å². The Morgan fingerprint density at radius 2 is 2.21 bits per heavy atom. The molecule has 0 atom stereocenters. The van der Waals surface area contributed by atoms with Gasteiger partial charge in [-0.3, -0.25) is 4.98 Å². The molecule has 0 spiro atoms. The lowest BCUT2D eigenvalue weighted by Crippen LogP contribution is -2.08. The maximum Gasteiger partial charge on any atom is 0.339 e. The molecule has 14 heavy (non-hydrogen) atoms. The van der Waals surface area contributed by atoms with Gasteiger partial charge in [-0.2, -0.15) is 0 Å². The Kier molecular flexibility index (Phi) is 3.02. The first-order valence-corrected chi connectivity index (χ1v) is 4.29. The van der Waals surface area contributed by atoms with Gasteiger partial charge >= 0.3 is 5.97 Å². The lowest BCUT2D eigenvalue weighted by molar-refractivity contribution is 0.0598. The highest BCUT2D eigenvalue weighted by Gasteiger charge is 2.13. The number of methoxy groups -OCH3 is 1. The Morgan fingerprint density at radius 1 is 1.57 bits per heavy atom. The van der Waals surface area contributed by atoms with Crippen molar-refractivity contribution in [3.05, 3.63) is 35.2 Å². The van der Waals surface area contributed by atoms with E-state index in [1.165, 1.54) is 7.11 Å². The summed E-state index contributed by atoms with van der Waals surface area (Å²) in [6, 6.07) is 1.81. The highest BCUT2D eigenvalue weighted by molar-refractivity contribution is 5.92. The van der Waals surface area contributed by atoms with E-state index in [0.717, 1.165) is 11.3 Å². The lowest BCUT2D eigenvalue weighted by Gasteiger charge is -2.07. The van der Waals surface area contributed by atoms with E-state index in [1.54, 1.807) is 13.0 Å². The summed E-state index contributed by atoms with van der Waals surface area (Å²) in [4.78, 5) is 15.6. The Labute approximate surface area is 83.4 Å². The molecule has 0 radical (unpaired) electrons. The summed E-state index contributed by atoms with van der Waals surface area (Å²) in [5.74, 6) is -0.344. The fourth-order valence-electron chi connectivity index (χ4n) is 1.38. The first-order valence-electron chi connectivity index (χ1n) is 4.29. The van der Waals surface area contributed by atoms with Crippen molar-refractivity contribution in [2.75, 3.05) is 7.11 Å². The van der Waals surface area contributed by atoms with E-state index in [9.17, 15) is 4.79 Å². The molecule has 0 aliphatic carbocycles. The second kappa shape index (κ2) is 4.05. The van der Waals surface area contributed by atoms with Crippen molar-refractivity contribution in [3.63, 3.8) is 0 Å². The van der Waals surface area contributed by atoms with Crippen LogP contribution in [0.4, 0.5) is 0 Å². The van der Waals surface area contributed by atoms with Crippen LogP contribution in [-0.2, 0) is 4.74 Å². The molecule has 0 amide bonds. The quantitative estimate of drug-likeness (QED) is 0.672. The SMILES string of the molecule is C=Cc1cc(C)c(C(=O)OC)c(C)n1. The molecule has 0 N–H and O–H groups in total. The van der Waals surface area contributed by atoms with Crippen LogP contribution in [0, 0.1) is 13.8 Å². The van der Waals surface area contributed by atoms with Gasteiger partial charge in [0.05, 0.1) is 24.1 Å². The van der Waals surface area contributed by atoms with Crippen molar-refractivity contribution in [2.45, 2.75) is 13.8 Å². The molecule has 0 saturated heterocycles. The second-order valence-corrected chi connectivity index (χ2v) is 3.02. The number of hydrogen-bond acceptors (Lipinski definition) is 3. The Morgan fingerprint density at radius 3 is 2.64 bits per heavy atom. The fraction of sp³-hybridized carbons (Fsp3) is 0.273. The molecule has 74 valence electrons. The molecule has 0 bridgehead atoms. The highest BCUT2D eigenvalue weighted by atomic mass is 16.5. The van der Waals surface area contributed by atoms with Crippen LogP contribution in [0.25, 0.3) is 6.08 Å². The molecule has 1 heterocycles. The number of carbonyl (C=O) groups is 1. The fourth-order valence-corrected chi connectivity index (χ4v) is 1.38. The van der Waals surface area contributed by atoms with Crippen molar-refractivity contribution >= 4 is 12.0 Å². The van der Waals surface area contributed by atoms with Crippen molar-refractivity contribution in [1.82, 2.24) is 4.98 Å². The molecule has 1 rings (SSSR count). The zero-order valence-electron chi connectivity index (χ0n) is 8.63. The molecule has 0 unspecified atom stereocenters. The van der Waals surface area contributed by atoms with Crippen LogP contribution >= 0.6 is 0 Å². The zero-order chi connectivity index (χ0) is 10.7. The minimum atomic E-state index is -0.344. The van der Waals surface area contributed by atoms with Crippen molar-refractivity contribution in [2.24, 2.45) is 0 Å². The van der Waals surface area contributed by atoms with Crippen molar-refractivity contribution in [1.29, 1.82) is 0 Å². The predicted molar refractivity (Wildman–Crippen MR) is 55.1 cm³/mol. The van der Waals surface area contributed by atoms with Gasteiger partial charge in [-0.15, -0.1) is 0 Å². The van der Waals surface area contributed by atoms with Gasteiger partial charge in [0.15, 0.2) is 0 Å². The lowest BCUT2D eigenvalue weighted by atomic mass is 10.1. The van der Waals surface area contributed by atoms with Crippen LogP contribution in [-0.4, -0.2) is 18.1 Å². The van der Waals surface area contributed by atoms with E-state index < -0.39 is 0 Å². The molecule has 0 fully saturated rings. The number of ether oxygens (including phenoxy) is 1. The van der Waals surface area contributed by atoms with E-state index in [1.807, 2.05) is 13.0 Å². The maximum absolute atomic E-state index is 11.4. The number of aromatic nitrogens is 1. The zero-order valence-corrected chi connectivity index (χ0v) is 8.63. The van der Waals surface area contributed by atoms with E-state index in [2.05, 4.69) is 16.3 Å². The first-order chi connectivity index (χ1) is 6.60. The summed E-state index contributed by atoms with van der Waals surface area (Å²) >= 11 is 0. The van der Waals surface area contributed by atoms with Crippen LogP contribution in [0.2, 0.25) is 0 Å². The Balaban J connectivity index is 3.31. The van der Waals surface area contributed by atoms with Gasteiger partial charge in [0.1, 0.15) is 0 Å². The van der Waals surface area contributed by atoms with Crippen LogP contribution in [0.15, 0.2) is 12.6 Å². The van der Waals surface area contributed by atoms with E-state index in [0.29, 0.717) is 11.3 Å². The largest absolute Gasteiger partial charge is 0.465 e.